The molecule has 0 unspecified atom stereocenters. The van der Waals surface area contributed by atoms with E-state index in [1.165, 1.54) is 29.1 Å². The number of nitrogens with two attached hydrogens (primary N) is 1. The van der Waals surface area contributed by atoms with Gasteiger partial charge >= 0.3 is 5.97 Å². The van der Waals surface area contributed by atoms with Crippen molar-refractivity contribution in [3.63, 3.8) is 0 Å². The van der Waals surface area contributed by atoms with Crippen molar-refractivity contribution in [3.8, 4) is 5.75 Å². The normalized spacial score (nSPS) is 12.0. The Morgan fingerprint density at radius 3 is 2.42 bits per heavy atom. The Morgan fingerprint density at radius 1 is 1.18 bits per heavy atom. The van der Waals surface area contributed by atoms with Gasteiger partial charge in [0.25, 0.3) is 5.91 Å². The lowest BCUT2D eigenvalue weighted by molar-refractivity contribution is -0.152. The van der Waals surface area contributed by atoms with Crippen LogP contribution in [0.3, 0.4) is 0 Å². The molecule has 11 heteroatoms. The van der Waals surface area contributed by atoms with E-state index >= 15 is 0 Å². The number of aromatic nitrogens is 1. The Kier molecular flexibility index (Phi) is 9.83. The number of esters is 1. The first kappa shape index (κ1) is 28.3. The molecule has 1 aromatic carbocycles. The summed E-state index contributed by atoms with van der Waals surface area (Å²) in [6.45, 7) is 8.90. The molecule has 0 aliphatic heterocycles. The fraction of sp³-hybridized carbons (Fsp3) is 0.455. The molecule has 0 fully saturated rings. The number of carbonyl (C=O) groups is 3. The third-order valence-corrected chi connectivity index (χ3v) is 4.93. The standard InChI is InChI=1S/C22H30N4O5S.ClH/c1-21(2,3)12-17(27)24-15-8-7-14(11-16(15)30-6)18(28)25-20-26(9-10-32-20)13-31-19(29)22(4,5)23;/h7-11H,12-13,23H2,1-6H3,(H,24,27);1H/b25-20-;. The Morgan fingerprint density at radius 2 is 1.85 bits per heavy atom. The monoisotopic (exact) mass is 498 g/mol. The fourth-order valence-corrected chi connectivity index (χ4v) is 3.27. The molecule has 0 spiro atoms. The quantitative estimate of drug-likeness (QED) is 0.564. The van der Waals surface area contributed by atoms with Gasteiger partial charge in [-0.3, -0.25) is 19.0 Å². The highest BCUT2D eigenvalue weighted by Crippen LogP contribution is 2.27. The highest BCUT2D eigenvalue weighted by Gasteiger charge is 2.24. The van der Waals surface area contributed by atoms with Crippen LogP contribution in [0.25, 0.3) is 0 Å². The summed E-state index contributed by atoms with van der Waals surface area (Å²) in [4.78, 5) is 41.3. The van der Waals surface area contributed by atoms with Crippen molar-refractivity contribution in [1.82, 2.24) is 4.57 Å². The second kappa shape index (κ2) is 11.4. The van der Waals surface area contributed by atoms with Crippen LogP contribution in [0.15, 0.2) is 34.8 Å². The molecule has 0 radical (unpaired) electrons. The first-order valence-electron chi connectivity index (χ1n) is 9.97. The Labute approximate surface area is 203 Å². The zero-order valence-electron chi connectivity index (χ0n) is 19.6. The average Bonchev–Trinajstić information content (AvgIpc) is 3.10. The summed E-state index contributed by atoms with van der Waals surface area (Å²) in [7, 11) is 1.46. The van der Waals surface area contributed by atoms with Gasteiger partial charge in [0.1, 0.15) is 11.3 Å². The predicted octanol–water partition coefficient (Wildman–Crippen LogP) is 3.33. The van der Waals surface area contributed by atoms with Gasteiger partial charge in [-0.15, -0.1) is 23.7 Å². The summed E-state index contributed by atoms with van der Waals surface area (Å²) in [6, 6.07) is 4.69. The van der Waals surface area contributed by atoms with E-state index in [4.69, 9.17) is 15.2 Å². The molecule has 33 heavy (non-hydrogen) atoms. The lowest BCUT2D eigenvalue weighted by atomic mass is 9.92. The first-order valence-corrected chi connectivity index (χ1v) is 10.8. The van der Waals surface area contributed by atoms with E-state index in [0.717, 1.165) is 0 Å². The van der Waals surface area contributed by atoms with E-state index in [2.05, 4.69) is 10.3 Å². The van der Waals surface area contributed by atoms with Crippen LogP contribution in [-0.2, 0) is 21.1 Å². The molecule has 2 amide bonds. The zero-order chi connectivity index (χ0) is 24.1. The van der Waals surface area contributed by atoms with Crippen LogP contribution in [-0.4, -0.2) is 35.0 Å². The number of benzene rings is 1. The first-order chi connectivity index (χ1) is 14.8. The number of nitrogens with one attached hydrogen (secondary N) is 1. The molecule has 182 valence electrons. The molecule has 0 atom stereocenters. The summed E-state index contributed by atoms with van der Waals surface area (Å²) >= 11 is 1.22. The summed E-state index contributed by atoms with van der Waals surface area (Å²) < 4.78 is 12.1. The van der Waals surface area contributed by atoms with Crippen molar-refractivity contribution in [3.05, 3.63) is 40.1 Å². The molecular weight excluding hydrogens is 468 g/mol. The zero-order valence-corrected chi connectivity index (χ0v) is 21.3. The number of hydrogen-bond donors (Lipinski definition) is 2. The van der Waals surface area contributed by atoms with Gasteiger partial charge in [0.05, 0.1) is 12.8 Å². The molecular formula is C22H31ClN4O5S. The molecule has 0 saturated carbocycles. The van der Waals surface area contributed by atoms with Crippen molar-refractivity contribution in [2.45, 2.75) is 53.3 Å². The number of carbonyl (C=O) groups excluding carboxylic acids is 3. The predicted molar refractivity (Wildman–Crippen MR) is 130 cm³/mol. The van der Waals surface area contributed by atoms with E-state index in [-0.39, 0.29) is 36.0 Å². The van der Waals surface area contributed by atoms with E-state index in [1.54, 1.807) is 37.6 Å². The van der Waals surface area contributed by atoms with Crippen molar-refractivity contribution in [2.75, 3.05) is 12.4 Å². The van der Waals surface area contributed by atoms with Crippen LogP contribution in [0.2, 0.25) is 0 Å². The minimum Gasteiger partial charge on any atom is -0.495 e. The molecule has 3 N–H and O–H groups in total. The second-order valence-electron chi connectivity index (χ2n) is 9.06. The van der Waals surface area contributed by atoms with Gasteiger partial charge in [0.15, 0.2) is 11.5 Å². The van der Waals surface area contributed by atoms with Crippen LogP contribution in [0.5, 0.6) is 5.75 Å². The van der Waals surface area contributed by atoms with Gasteiger partial charge in [-0.1, -0.05) is 20.8 Å². The number of methoxy groups -OCH3 is 1. The van der Waals surface area contributed by atoms with Gasteiger partial charge in [0, 0.05) is 23.6 Å². The molecule has 9 nitrogen and oxygen atoms in total. The minimum atomic E-state index is -1.12. The van der Waals surface area contributed by atoms with Gasteiger partial charge < -0.3 is 20.5 Å². The van der Waals surface area contributed by atoms with Crippen molar-refractivity contribution < 1.29 is 23.9 Å². The molecule has 0 aliphatic rings. The lowest BCUT2D eigenvalue weighted by Gasteiger charge is -2.18. The minimum absolute atomic E-state index is 0. The highest BCUT2D eigenvalue weighted by atomic mass is 35.5. The van der Waals surface area contributed by atoms with E-state index in [0.29, 0.717) is 22.7 Å². The Balaban J connectivity index is 0.00000544. The third kappa shape index (κ3) is 8.64. The molecule has 2 aromatic rings. The van der Waals surface area contributed by atoms with Gasteiger partial charge in [-0.05, 0) is 37.5 Å². The van der Waals surface area contributed by atoms with Crippen LogP contribution >= 0.6 is 23.7 Å². The summed E-state index contributed by atoms with van der Waals surface area (Å²) in [5.74, 6) is -0.860. The lowest BCUT2D eigenvalue weighted by Crippen LogP contribution is -2.43. The van der Waals surface area contributed by atoms with Gasteiger partial charge in [0.2, 0.25) is 5.91 Å². The van der Waals surface area contributed by atoms with Crippen LogP contribution < -0.4 is 20.6 Å². The summed E-state index contributed by atoms with van der Waals surface area (Å²) in [5.41, 5.74) is 5.20. The topological polar surface area (TPSA) is 125 Å². The number of thiazole rings is 1. The second-order valence-corrected chi connectivity index (χ2v) is 9.93. The maximum Gasteiger partial charge on any atom is 0.327 e. The maximum absolute atomic E-state index is 12.7. The van der Waals surface area contributed by atoms with E-state index in [9.17, 15) is 14.4 Å². The molecule has 1 heterocycles. The average molecular weight is 499 g/mol. The SMILES string of the molecule is COc1cc(C(=O)/N=c2\sccn2COC(=O)C(C)(C)N)ccc1NC(=O)CC(C)(C)C.Cl. The largest absolute Gasteiger partial charge is 0.495 e. The molecule has 1 aromatic heterocycles. The Hall–Kier alpha value is -2.69. The molecule has 0 saturated heterocycles. The molecule has 2 rings (SSSR count). The van der Waals surface area contributed by atoms with Gasteiger partial charge in [-0.25, -0.2) is 0 Å². The number of hydrogen-bond acceptors (Lipinski definition) is 7. The number of ether oxygens (including phenoxy) is 2. The van der Waals surface area contributed by atoms with Crippen LogP contribution in [0.4, 0.5) is 5.69 Å². The number of nitrogens with zero attached hydrogens (tertiary/aromatic N) is 2. The third-order valence-electron chi connectivity index (χ3n) is 4.13. The Bertz CT molecular complexity index is 1060. The van der Waals surface area contributed by atoms with Crippen molar-refractivity contribution in [2.24, 2.45) is 16.1 Å². The summed E-state index contributed by atoms with van der Waals surface area (Å²) in [5, 5.41) is 4.54. The fourth-order valence-electron chi connectivity index (χ4n) is 2.55. The highest BCUT2D eigenvalue weighted by molar-refractivity contribution is 7.07. The molecule has 0 bridgehead atoms. The van der Waals surface area contributed by atoms with E-state index in [1.807, 2.05) is 20.8 Å². The molecule has 0 aliphatic carbocycles. The number of halogens is 1. The van der Waals surface area contributed by atoms with Gasteiger partial charge in [-0.2, -0.15) is 4.99 Å². The van der Waals surface area contributed by atoms with Crippen molar-refractivity contribution in [1.29, 1.82) is 0 Å². The number of anilines is 1. The van der Waals surface area contributed by atoms with Crippen LogP contribution in [0.1, 0.15) is 51.4 Å². The maximum atomic E-state index is 12.7. The van der Waals surface area contributed by atoms with Crippen molar-refractivity contribution >= 4 is 47.2 Å². The number of rotatable bonds is 7. The van der Waals surface area contributed by atoms with E-state index < -0.39 is 17.4 Å². The van der Waals surface area contributed by atoms with Crippen LogP contribution in [0, 0.1) is 5.41 Å². The smallest absolute Gasteiger partial charge is 0.327 e. The summed E-state index contributed by atoms with van der Waals surface area (Å²) in [6.07, 6.45) is 2.00. The number of amides is 2.